The number of hydrogen-bond donors (Lipinski definition) is 1. The molecule has 0 bridgehead atoms. The average Bonchev–Trinajstić information content (AvgIpc) is 3.81. The maximum atomic E-state index is 11.8. The fourth-order valence-electron chi connectivity index (χ4n) is 7.89. The summed E-state index contributed by atoms with van der Waals surface area (Å²) in [5.74, 6) is 2.60. The van der Waals surface area contributed by atoms with Gasteiger partial charge >= 0.3 is 0 Å². The molecule has 1 aromatic heterocycles. The van der Waals surface area contributed by atoms with Crippen LogP contribution in [0.4, 0.5) is 0 Å². The second kappa shape index (κ2) is 17.3. The summed E-state index contributed by atoms with van der Waals surface area (Å²) in [4.78, 5) is 21.1. The number of benzene rings is 3. The fraction of sp³-hybridized carbons (Fsp3) is 0.488. The van der Waals surface area contributed by atoms with Crippen LogP contribution in [0.1, 0.15) is 116 Å². The van der Waals surface area contributed by atoms with Crippen molar-refractivity contribution in [2.24, 2.45) is 17.8 Å². The molecule has 7 rings (SSSR count). The van der Waals surface area contributed by atoms with Gasteiger partial charge in [0.05, 0.1) is 11.3 Å². The van der Waals surface area contributed by atoms with Crippen molar-refractivity contribution in [1.29, 1.82) is 0 Å². The molecule has 3 aliphatic carbocycles. The van der Waals surface area contributed by atoms with E-state index in [4.69, 9.17) is 0 Å². The van der Waals surface area contributed by atoms with E-state index in [9.17, 15) is 9.90 Å². The summed E-state index contributed by atoms with van der Waals surface area (Å²) >= 11 is 0. The first kappa shape index (κ1) is 36.0. The molecule has 0 saturated heterocycles. The van der Waals surface area contributed by atoms with Crippen LogP contribution >= 0.6 is 0 Å². The summed E-state index contributed by atoms with van der Waals surface area (Å²) in [7, 11) is 0. The van der Waals surface area contributed by atoms with Crippen LogP contribution in [0.2, 0.25) is 0 Å². The Labute approximate surface area is 289 Å². The molecule has 4 aromatic rings. The molecule has 1 heterocycles. The predicted octanol–water partition coefficient (Wildman–Crippen LogP) is 11.3. The van der Waals surface area contributed by atoms with Crippen molar-refractivity contribution < 1.29 is 30.0 Å². The summed E-state index contributed by atoms with van der Waals surface area (Å²) in [6.45, 7) is 2.31. The Morgan fingerprint density at radius 2 is 1.57 bits per heavy atom. The van der Waals surface area contributed by atoms with E-state index >= 15 is 0 Å². The molecule has 4 nitrogen and oxygen atoms in total. The van der Waals surface area contributed by atoms with Crippen LogP contribution in [-0.4, -0.2) is 20.9 Å². The van der Waals surface area contributed by atoms with E-state index in [0.717, 1.165) is 53.8 Å². The first-order valence-corrected chi connectivity index (χ1v) is 17.2. The van der Waals surface area contributed by atoms with Gasteiger partial charge in [-0.3, -0.25) is 9.78 Å². The van der Waals surface area contributed by atoms with E-state index in [0.29, 0.717) is 11.7 Å². The molecular weight excluding hydrogens is 745 g/mol. The number of allylic oxidation sites excluding steroid dienone is 2. The number of rotatable bonds is 7. The molecule has 1 N–H and O–H groups in total. The van der Waals surface area contributed by atoms with E-state index in [1.165, 1.54) is 86.6 Å². The van der Waals surface area contributed by atoms with Gasteiger partial charge in [0, 0.05) is 38.0 Å². The number of fused-ring (bicyclic) bond motifs is 2. The molecule has 0 unspecified atom stereocenters. The second-order valence-electron chi connectivity index (χ2n) is 13.4. The van der Waals surface area contributed by atoms with Crippen molar-refractivity contribution >= 4 is 27.5 Å². The smallest absolute Gasteiger partial charge is 0.162 e. The summed E-state index contributed by atoms with van der Waals surface area (Å²) < 4.78 is 0. The molecule has 0 amide bonds. The first-order valence-electron chi connectivity index (χ1n) is 17.2. The number of aliphatic hydroxyl groups is 1. The van der Waals surface area contributed by atoms with Gasteiger partial charge in [0.25, 0.3) is 0 Å². The van der Waals surface area contributed by atoms with Crippen LogP contribution in [-0.2, 0) is 24.9 Å². The standard InChI is InChI=1S/C27H27N2.C13H20O2.CH4.Ir/c1-2-6-19-11-13-20(14-12-19)22-15-16-25-26(17-22)28-18-29-27(25)24-10-5-8-21-7-3-4-9-23(21)24;14-12(10-5-1-2-6-10)9-13(15)11-7-3-4-8-11;;/h3-5,7-9,15-20H,2,6,11-14H2,1H3;9-11,14H,1-8H2;1H4;/q-1;;;. The van der Waals surface area contributed by atoms with E-state index in [2.05, 4.69) is 71.5 Å². The number of aromatic nitrogens is 2. The van der Waals surface area contributed by atoms with Gasteiger partial charge < -0.3 is 5.11 Å². The van der Waals surface area contributed by atoms with Crippen molar-refractivity contribution in [2.75, 3.05) is 0 Å². The van der Waals surface area contributed by atoms with Gasteiger partial charge in [0.15, 0.2) is 5.78 Å². The van der Waals surface area contributed by atoms with Crippen LogP contribution in [0.3, 0.4) is 0 Å². The minimum absolute atomic E-state index is 0. The number of aliphatic hydroxyl groups excluding tert-OH is 1. The Bertz CT molecular complexity index is 1590. The van der Waals surface area contributed by atoms with Crippen molar-refractivity contribution in [3.63, 3.8) is 0 Å². The van der Waals surface area contributed by atoms with Gasteiger partial charge in [-0.05, 0) is 85.9 Å². The number of carbonyl (C=O) groups excluding carboxylic acids is 1. The molecule has 5 heteroatoms. The largest absolute Gasteiger partial charge is 0.512 e. The molecule has 0 spiro atoms. The summed E-state index contributed by atoms with van der Waals surface area (Å²) in [5.41, 5.74) is 4.52. The number of carbonyl (C=O) groups is 1. The van der Waals surface area contributed by atoms with E-state index in [1.807, 2.05) is 6.07 Å². The molecular formula is C41H51IrN2O2-. The third-order valence-corrected chi connectivity index (χ3v) is 10.5. The zero-order valence-corrected chi connectivity index (χ0v) is 29.0. The molecule has 3 saturated carbocycles. The van der Waals surface area contributed by atoms with Crippen molar-refractivity contribution in [2.45, 2.75) is 110 Å². The molecule has 46 heavy (non-hydrogen) atoms. The van der Waals surface area contributed by atoms with Crippen LogP contribution < -0.4 is 0 Å². The Hall–Kier alpha value is -2.88. The molecule has 3 aromatic carbocycles. The van der Waals surface area contributed by atoms with Crippen LogP contribution in [0.25, 0.3) is 32.9 Å². The Morgan fingerprint density at radius 1 is 0.870 bits per heavy atom. The average molecular weight is 796 g/mol. The molecule has 1 radical (unpaired) electrons. The third-order valence-electron chi connectivity index (χ3n) is 10.5. The van der Waals surface area contributed by atoms with E-state index in [1.54, 1.807) is 6.33 Å². The molecule has 3 fully saturated rings. The topological polar surface area (TPSA) is 63.1 Å². The minimum Gasteiger partial charge on any atom is -0.512 e. The Morgan fingerprint density at radius 3 is 2.28 bits per heavy atom. The summed E-state index contributed by atoms with van der Waals surface area (Å²) in [6, 6.07) is 22.8. The van der Waals surface area contributed by atoms with Gasteiger partial charge in [0.1, 0.15) is 6.33 Å². The van der Waals surface area contributed by atoms with Crippen molar-refractivity contribution in [1.82, 2.24) is 9.97 Å². The first-order chi connectivity index (χ1) is 21.6. The predicted molar refractivity (Wildman–Crippen MR) is 187 cm³/mol. The van der Waals surface area contributed by atoms with Gasteiger partial charge in [-0.2, -0.15) is 0 Å². The normalized spacial score (nSPS) is 20.5. The van der Waals surface area contributed by atoms with Gasteiger partial charge in [-0.1, -0.05) is 94.7 Å². The van der Waals surface area contributed by atoms with Crippen LogP contribution in [0.5, 0.6) is 0 Å². The fourth-order valence-corrected chi connectivity index (χ4v) is 7.89. The quantitative estimate of drug-likeness (QED) is 0.115. The van der Waals surface area contributed by atoms with Crippen molar-refractivity contribution in [3.05, 3.63) is 84.4 Å². The molecule has 247 valence electrons. The zero-order valence-electron chi connectivity index (χ0n) is 26.6. The number of hydrogen-bond acceptors (Lipinski definition) is 4. The zero-order chi connectivity index (χ0) is 30.3. The monoisotopic (exact) mass is 796 g/mol. The summed E-state index contributed by atoms with van der Waals surface area (Å²) in [6.07, 6.45) is 20.2. The Balaban J connectivity index is 0.000000241. The van der Waals surface area contributed by atoms with E-state index in [-0.39, 0.29) is 45.2 Å². The van der Waals surface area contributed by atoms with E-state index < -0.39 is 0 Å². The Kier molecular flexibility index (Phi) is 13.5. The number of nitrogens with zero attached hydrogens (tertiary/aromatic N) is 2. The SMILES string of the molecule is C.CCCC1CCC(c2ccc3c(-c4[c-]ccc5ccccc45)ncnc3c2)CC1.O=C(C=C(O)C1CCCC1)C1CCCC1.[Ir]. The minimum atomic E-state index is 0. The van der Waals surface area contributed by atoms with Crippen molar-refractivity contribution in [3.8, 4) is 11.3 Å². The van der Waals surface area contributed by atoms with Crippen LogP contribution in [0, 0.1) is 23.8 Å². The molecule has 0 atom stereocenters. The van der Waals surface area contributed by atoms with Gasteiger partial charge in [0.2, 0.25) is 0 Å². The molecule has 3 aliphatic rings. The number of ketones is 1. The third kappa shape index (κ3) is 8.52. The van der Waals surface area contributed by atoms with Gasteiger partial charge in [-0.25, -0.2) is 4.98 Å². The maximum absolute atomic E-state index is 11.8. The van der Waals surface area contributed by atoms with Crippen LogP contribution in [0.15, 0.2) is 72.8 Å². The van der Waals surface area contributed by atoms with Gasteiger partial charge in [-0.15, -0.1) is 29.1 Å². The summed E-state index contributed by atoms with van der Waals surface area (Å²) in [5, 5.41) is 13.3. The molecule has 0 aliphatic heterocycles. The second-order valence-corrected chi connectivity index (χ2v) is 13.4. The maximum Gasteiger partial charge on any atom is 0.162 e.